The van der Waals surface area contributed by atoms with E-state index in [2.05, 4.69) is 0 Å². The minimum atomic E-state index is -3.31. The van der Waals surface area contributed by atoms with Crippen molar-refractivity contribution in [3.63, 3.8) is 0 Å². The molecule has 7 nitrogen and oxygen atoms in total. The van der Waals surface area contributed by atoms with Crippen molar-refractivity contribution in [2.45, 2.75) is 25.3 Å². The van der Waals surface area contributed by atoms with Crippen LogP contribution in [0.5, 0.6) is 5.75 Å². The molecule has 0 spiro atoms. The number of hydrogen-bond donors (Lipinski definition) is 0. The van der Waals surface area contributed by atoms with Gasteiger partial charge < -0.3 is 14.2 Å². The summed E-state index contributed by atoms with van der Waals surface area (Å²) in [5, 5.41) is 0.623. The van der Waals surface area contributed by atoms with Crippen LogP contribution in [0, 0.1) is 0 Å². The predicted molar refractivity (Wildman–Crippen MR) is 123 cm³/mol. The number of aromatic nitrogens is 2. The molecular weight excluding hydrogens is 450 g/mol. The molecule has 2 aromatic carbocycles. The van der Waals surface area contributed by atoms with Crippen molar-refractivity contribution < 1.29 is 17.9 Å². The summed E-state index contributed by atoms with van der Waals surface area (Å²) in [4.78, 5) is 19.4. The predicted octanol–water partition coefficient (Wildman–Crippen LogP) is 3.34. The van der Waals surface area contributed by atoms with E-state index >= 15 is 0 Å². The van der Waals surface area contributed by atoms with Gasteiger partial charge in [-0.3, -0.25) is 4.79 Å². The molecule has 32 heavy (non-hydrogen) atoms. The molecule has 1 aliphatic heterocycles. The fraction of sp³-hybridized carbons (Fsp3) is 0.304. The van der Waals surface area contributed by atoms with Crippen LogP contribution < -0.4 is 4.74 Å². The van der Waals surface area contributed by atoms with Crippen molar-refractivity contribution in [2.24, 2.45) is 0 Å². The molecule has 4 rings (SSSR count). The summed E-state index contributed by atoms with van der Waals surface area (Å²) in [6, 6.07) is 14.7. The number of nitrogens with zero attached hydrogens (tertiary/aromatic N) is 3. The van der Waals surface area contributed by atoms with Gasteiger partial charge in [0.15, 0.2) is 9.84 Å². The first kappa shape index (κ1) is 22.4. The first-order chi connectivity index (χ1) is 15.2. The second-order valence-corrected chi connectivity index (χ2v) is 10.4. The molecule has 1 aromatic heterocycles. The second-order valence-electron chi connectivity index (χ2n) is 7.87. The zero-order chi connectivity index (χ0) is 22.9. The molecular formula is C23H24ClN3O4S. The second kappa shape index (κ2) is 8.96. The number of imidazole rings is 1. The van der Waals surface area contributed by atoms with E-state index < -0.39 is 9.84 Å². The van der Waals surface area contributed by atoms with E-state index in [1.54, 1.807) is 24.1 Å². The number of rotatable bonds is 6. The van der Waals surface area contributed by atoms with Crippen LogP contribution in [0.2, 0.25) is 5.02 Å². The standard InChI is InChI=1S/C23H24ClN3O4S/c1-31-21-6-4-3-5-18(21)23-25-19(15-32(2,29)30)20-14-26(11-12-27(20)23)22(28)13-16-7-9-17(24)10-8-16/h3-10H,11-15H2,1-2H3. The van der Waals surface area contributed by atoms with Gasteiger partial charge in [0.1, 0.15) is 11.6 Å². The quantitative estimate of drug-likeness (QED) is 0.548. The molecule has 1 amide bonds. The van der Waals surface area contributed by atoms with Gasteiger partial charge in [-0.15, -0.1) is 0 Å². The Kier molecular flexibility index (Phi) is 6.26. The van der Waals surface area contributed by atoms with Crippen LogP contribution in [-0.4, -0.2) is 48.7 Å². The fourth-order valence-electron chi connectivity index (χ4n) is 3.93. The Morgan fingerprint density at radius 3 is 2.53 bits per heavy atom. The number of methoxy groups -OCH3 is 1. The van der Waals surface area contributed by atoms with Crippen molar-refractivity contribution in [2.75, 3.05) is 19.9 Å². The molecule has 0 fully saturated rings. The SMILES string of the molecule is COc1ccccc1-c1nc(CS(C)(=O)=O)c2n1CCN(C(=O)Cc1ccc(Cl)cc1)C2. The largest absolute Gasteiger partial charge is 0.496 e. The molecule has 0 bridgehead atoms. The molecule has 2 heterocycles. The third-order valence-corrected chi connectivity index (χ3v) is 6.51. The minimum absolute atomic E-state index is 0.0241. The average Bonchev–Trinajstić information content (AvgIpc) is 3.11. The van der Waals surface area contributed by atoms with E-state index in [0.717, 1.165) is 16.8 Å². The van der Waals surface area contributed by atoms with Crippen LogP contribution in [0.25, 0.3) is 11.4 Å². The summed E-state index contributed by atoms with van der Waals surface area (Å²) < 4.78 is 31.6. The number of carbonyl (C=O) groups excluding carboxylic acids is 1. The van der Waals surface area contributed by atoms with Crippen molar-refractivity contribution in [3.8, 4) is 17.1 Å². The third-order valence-electron chi connectivity index (χ3n) is 5.46. The van der Waals surface area contributed by atoms with Crippen LogP contribution in [-0.2, 0) is 39.9 Å². The molecule has 0 saturated carbocycles. The maximum Gasteiger partial charge on any atom is 0.227 e. The van der Waals surface area contributed by atoms with E-state index in [-0.39, 0.29) is 18.1 Å². The minimum Gasteiger partial charge on any atom is -0.496 e. The Hall–Kier alpha value is -2.84. The normalized spacial score (nSPS) is 13.7. The Labute approximate surface area is 192 Å². The van der Waals surface area contributed by atoms with Gasteiger partial charge in [0.25, 0.3) is 0 Å². The van der Waals surface area contributed by atoms with Crippen LogP contribution in [0.1, 0.15) is 17.0 Å². The molecule has 0 atom stereocenters. The van der Waals surface area contributed by atoms with Gasteiger partial charge in [-0.05, 0) is 29.8 Å². The van der Waals surface area contributed by atoms with Crippen LogP contribution in [0.3, 0.4) is 0 Å². The molecule has 9 heteroatoms. The van der Waals surface area contributed by atoms with Gasteiger partial charge in [0, 0.05) is 24.4 Å². The van der Waals surface area contributed by atoms with Crippen molar-refractivity contribution >= 4 is 27.3 Å². The Morgan fingerprint density at radius 1 is 1.12 bits per heavy atom. The molecule has 168 valence electrons. The lowest BCUT2D eigenvalue weighted by molar-refractivity contribution is -0.131. The highest BCUT2D eigenvalue weighted by atomic mass is 35.5. The number of halogens is 1. The number of carbonyl (C=O) groups is 1. The van der Waals surface area contributed by atoms with Crippen molar-refractivity contribution in [1.29, 1.82) is 0 Å². The van der Waals surface area contributed by atoms with Gasteiger partial charge >= 0.3 is 0 Å². The topological polar surface area (TPSA) is 81.5 Å². The molecule has 0 radical (unpaired) electrons. The third kappa shape index (κ3) is 4.81. The van der Waals surface area contributed by atoms with Crippen LogP contribution in [0.15, 0.2) is 48.5 Å². The number of sulfone groups is 1. The summed E-state index contributed by atoms with van der Waals surface area (Å²) in [6.45, 7) is 1.33. The van der Waals surface area contributed by atoms with E-state index in [9.17, 15) is 13.2 Å². The lowest BCUT2D eigenvalue weighted by Crippen LogP contribution is -2.39. The maximum atomic E-state index is 13.0. The van der Waals surface area contributed by atoms with E-state index in [1.165, 1.54) is 6.26 Å². The fourth-order valence-corrected chi connectivity index (χ4v) is 4.79. The van der Waals surface area contributed by atoms with E-state index in [1.807, 2.05) is 41.0 Å². The molecule has 0 saturated heterocycles. The van der Waals surface area contributed by atoms with Crippen LogP contribution in [0.4, 0.5) is 0 Å². The summed E-state index contributed by atoms with van der Waals surface area (Å²) >= 11 is 5.93. The lowest BCUT2D eigenvalue weighted by Gasteiger charge is -2.30. The Bertz CT molecular complexity index is 1250. The molecule has 0 aliphatic carbocycles. The lowest BCUT2D eigenvalue weighted by atomic mass is 10.1. The molecule has 0 N–H and O–H groups in total. The van der Waals surface area contributed by atoms with Gasteiger partial charge in [-0.1, -0.05) is 35.9 Å². The first-order valence-corrected chi connectivity index (χ1v) is 12.6. The number of ether oxygens (including phenoxy) is 1. The zero-order valence-corrected chi connectivity index (χ0v) is 19.5. The summed E-state index contributed by atoms with van der Waals surface area (Å²) in [7, 11) is -1.72. The number of amides is 1. The van der Waals surface area contributed by atoms with Crippen molar-refractivity contribution in [1.82, 2.24) is 14.5 Å². The molecule has 1 aliphatic rings. The van der Waals surface area contributed by atoms with Crippen molar-refractivity contribution in [3.05, 3.63) is 70.5 Å². The average molecular weight is 474 g/mol. The zero-order valence-electron chi connectivity index (χ0n) is 17.9. The number of fused-ring (bicyclic) bond motifs is 1. The first-order valence-electron chi connectivity index (χ1n) is 10.2. The number of para-hydroxylation sites is 1. The van der Waals surface area contributed by atoms with Gasteiger partial charge in [0.2, 0.25) is 5.91 Å². The summed E-state index contributed by atoms with van der Waals surface area (Å²) in [5.74, 6) is 1.11. The number of benzene rings is 2. The summed E-state index contributed by atoms with van der Waals surface area (Å²) in [5.41, 5.74) is 2.88. The van der Waals surface area contributed by atoms with Gasteiger partial charge in [0.05, 0.1) is 42.8 Å². The Balaban J connectivity index is 1.67. The molecule has 0 unspecified atom stereocenters. The maximum absolute atomic E-state index is 13.0. The Morgan fingerprint density at radius 2 is 1.84 bits per heavy atom. The smallest absolute Gasteiger partial charge is 0.227 e. The van der Waals surface area contributed by atoms with Gasteiger partial charge in [-0.2, -0.15) is 0 Å². The van der Waals surface area contributed by atoms with Gasteiger partial charge in [-0.25, -0.2) is 13.4 Å². The highest BCUT2D eigenvalue weighted by Crippen LogP contribution is 2.33. The molecule has 3 aromatic rings. The number of hydrogen-bond acceptors (Lipinski definition) is 5. The van der Waals surface area contributed by atoms with E-state index in [4.69, 9.17) is 21.3 Å². The summed E-state index contributed by atoms with van der Waals surface area (Å²) in [6.07, 6.45) is 1.44. The monoisotopic (exact) mass is 473 g/mol. The van der Waals surface area contributed by atoms with Crippen LogP contribution >= 0.6 is 11.6 Å². The highest BCUT2D eigenvalue weighted by molar-refractivity contribution is 7.89. The highest BCUT2D eigenvalue weighted by Gasteiger charge is 2.29. The van der Waals surface area contributed by atoms with E-state index in [0.29, 0.717) is 41.9 Å².